The number of nitrogens with zero attached hydrogens (tertiary/aromatic N) is 3. The maximum Gasteiger partial charge on any atom is 0.271 e. The fourth-order valence-corrected chi connectivity index (χ4v) is 6.64. The molecule has 0 radical (unpaired) electrons. The Kier molecular flexibility index (Phi) is 10.2. The van der Waals surface area contributed by atoms with Gasteiger partial charge in [-0.1, -0.05) is 67.8 Å². The van der Waals surface area contributed by atoms with Crippen LogP contribution in [0.1, 0.15) is 44.6 Å². The van der Waals surface area contributed by atoms with Gasteiger partial charge in [-0.25, -0.2) is 8.42 Å². The minimum absolute atomic E-state index is 0.0267. The molecule has 10 nitrogen and oxygen atoms in total. The number of non-ortho nitro benzene ring substituents is 1. The Bertz CT molecular complexity index is 1510. The van der Waals surface area contributed by atoms with E-state index in [4.69, 9.17) is 11.6 Å². The predicted molar refractivity (Wildman–Crippen MR) is 161 cm³/mol. The van der Waals surface area contributed by atoms with E-state index in [9.17, 15) is 28.1 Å². The molecule has 0 spiro atoms. The highest BCUT2D eigenvalue weighted by Gasteiger charge is 2.35. The van der Waals surface area contributed by atoms with Gasteiger partial charge in [0.2, 0.25) is 11.8 Å². The molecule has 0 saturated heterocycles. The van der Waals surface area contributed by atoms with Crippen molar-refractivity contribution in [1.82, 2.24) is 10.2 Å². The Hall–Kier alpha value is -3.96. The highest BCUT2D eigenvalue weighted by atomic mass is 35.5. The Morgan fingerprint density at radius 1 is 1.02 bits per heavy atom. The third-order valence-electron chi connectivity index (χ3n) is 7.29. The topological polar surface area (TPSA) is 130 Å². The lowest BCUT2D eigenvalue weighted by Crippen LogP contribution is -2.53. The molecule has 0 aliphatic heterocycles. The highest BCUT2D eigenvalue weighted by molar-refractivity contribution is 7.92. The fourth-order valence-electron chi connectivity index (χ4n) is 5.08. The number of nitro benzene ring substituents is 1. The largest absolute Gasteiger partial charge is 0.352 e. The number of amides is 2. The molecule has 1 aliphatic rings. The number of sulfonamides is 1. The summed E-state index contributed by atoms with van der Waals surface area (Å²) in [7, 11) is -4.33. The standard InChI is InChI=1S/C30H33ClN4O6S/c1-2-28(30(37)32-24-9-6-7-10-24)33(20-22-15-17-23(31)18-16-22)29(36)21-34(25-11-8-12-26(19-25)35(38)39)42(40,41)27-13-4-3-5-14-27/h3-5,8,11-19,24,28H,2,6-7,9-10,20-21H2,1H3,(H,32,37)/t28-/m1/s1. The summed E-state index contributed by atoms with van der Waals surface area (Å²) >= 11 is 6.06. The van der Waals surface area contributed by atoms with E-state index in [0.717, 1.165) is 36.1 Å². The second kappa shape index (κ2) is 13.8. The number of benzene rings is 3. The second-order valence-corrected chi connectivity index (χ2v) is 12.5. The lowest BCUT2D eigenvalue weighted by molar-refractivity contribution is -0.384. The number of anilines is 1. The van der Waals surface area contributed by atoms with Gasteiger partial charge in [0.15, 0.2) is 0 Å². The van der Waals surface area contributed by atoms with Crippen molar-refractivity contribution in [2.24, 2.45) is 0 Å². The average molecular weight is 613 g/mol. The van der Waals surface area contributed by atoms with Crippen molar-refractivity contribution in [2.75, 3.05) is 10.8 Å². The molecule has 3 aromatic carbocycles. The van der Waals surface area contributed by atoms with Gasteiger partial charge in [-0.05, 0) is 55.2 Å². The van der Waals surface area contributed by atoms with E-state index < -0.39 is 33.4 Å². The van der Waals surface area contributed by atoms with Gasteiger partial charge in [-0.2, -0.15) is 0 Å². The van der Waals surface area contributed by atoms with Crippen LogP contribution < -0.4 is 9.62 Å². The van der Waals surface area contributed by atoms with Crippen LogP contribution in [0.2, 0.25) is 5.02 Å². The number of rotatable bonds is 12. The van der Waals surface area contributed by atoms with Crippen LogP contribution in [-0.2, 0) is 26.2 Å². The molecule has 1 N–H and O–H groups in total. The summed E-state index contributed by atoms with van der Waals surface area (Å²) in [6.45, 7) is 1.14. The molecule has 42 heavy (non-hydrogen) atoms. The maximum absolute atomic E-state index is 14.1. The van der Waals surface area contributed by atoms with Crippen molar-refractivity contribution >= 4 is 44.8 Å². The minimum Gasteiger partial charge on any atom is -0.352 e. The van der Waals surface area contributed by atoms with Crippen molar-refractivity contribution in [3.8, 4) is 0 Å². The van der Waals surface area contributed by atoms with Crippen LogP contribution in [0.15, 0.2) is 83.8 Å². The molecule has 1 fully saturated rings. The summed E-state index contributed by atoms with van der Waals surface area (Å²) in [4.78, 5) is 39.8. The minimum atomic E-state index is -4.33. The van der Waals surface area contributed by atoms with Gasteiger partial charge in [0.1, 0.15) is 12.6 Å². The first-order chi connectivity index (χ1) is 20.1. The average Bonchev–Trinajstić information content (AvgIpc) is 3.50. The molecule has 1 aliphatic carbocycles. The number of carbonyl (C=O) groups excluding carboxylic acids is 2. The molecule has 3 aromatic rings. The summed E-state index contributed by atoms with van der Waals surface area (Å²) in [5.74, 6) is -0.941. The molecular formula is C30H33ClN4O6S. The van der Waals surface area contributed by atoms with Gasteiger partial charge < -0.3 is 10.2 Å². The van der Waals surface area contributed by atoms with Crippen molar-refractivity contribution in [2.45, 2.75) is 62.6 Å². The van der Waals surface area contributed by atoms with Crippen molar-refractivity contribution < 1.29 is 22.9 Å². The summed E-state index contributed by atoms with van der Waals surface area (Å²) in [6.07, 6.45) is 4.06. The summed E-state index contributed by atoms with van der Waals surface area (Å²) in [6, 6.07) is 18.6. The van der Waals surface area contributed by atoms with Crippen LogP contribution in [0, 0.1) is 10.1 Å². The molecule has 0 bridgehead atoms. The molecular weight excluding hydrogens is 580 g/mol. The van der Waals surface area contributed by atoms with Crippen molar-refractivity contribution in [3.05, 3.63) is 99.6 Å². The lowest BCUT2D eigenvalue weighted by Gasteiger charge is -2.33. The summed E-state index contributed by atoms with van der Waals surface area (Å²) in [5, 5.41) is 15.1. The van der Waals surface area contributed by atoms with Crippen LogP contribution in [0.4, 0.5) is 11.4 Å². The van der Waals surface area contributed by atoms with Gasteiger partial charge in [-0.15, -0.1) is 0 Å². The van der Waals surface area contributed by atoms with Gasteiger partial charge in [-0.3, -0.25) is 24.0 Å². The Morgan fingerprint density at radius 3 is 2.31 bits per heavy atom. The highest BCUT2D eigenvalue weighted by Crippen LogP contribution is 2.28. The molecule has 222 valence electrons. The van der Waals surface area contributed by atoms with E-state index in [-0.39, 0.29) is 34.8 Å². The first kappa shape index (κ1) is 31.0. The van der Waals surface area contributed by atoms with E-state index in [1.54, 1.807) is 49.4 Å². The third kappa shape index (κ3) is 7.46. The maximum atomic E-state index is 14.1. The molecule has 1 saturated carbocycles. The first-order valence-electron chi connectivity index (χ1n) is 13.8. The van der Waals surface area contributed by atoms with Gasteiger partial charge in [0.25, 0.3) is 15.7 Å². The quantitative estimate of drug-likeness (QED) is 0.218. The first-order valence-corrected chi connectivity index (χ1v) is 15.6. The van der Waals surface area contributed by atoms with E-state index in [1.807, 2.05) is 0 Å². The molecule has 2 amide bonds. The second-order valence-electron chi connectivity index (χ2n) is 10.2. The van der Waals surface area contributed by atoms with Crippen LogP contribution in [0.5, 0.6) is 0 Å². The fraction of sp³-hybridized carbons (Fsp3) is 0.333. The number of hydrogen-bond donors (Lipinski definition) is 1. The zero-order valence-corrected chi connectivity index (χ0v) is 24.8. The summed E-state index contributed by atoms with van der Waals surface area (Å²) < 4.78 is 28.6. The normalized spacial score (nSPS) is 14.2. The number of nitro groups is 1. The van der Waals surface area contributed by atoms with Gasteiger partial charge in [0, 0.05) is 29.7 Å². The van der Waals surface area contributed by atoms with E-state index in [1.165, 1.54) is 35.2 Å². The van der Waals surface area contributed by atoms with Gasteiger partial charge >= 0.3 is 0 Å². The molecule has 0 unspecified atom stereocenters. The predicted octanol–water partition coefficient (Wildman–Crippen LogP) is 5.31. The Balaban J connectivity index is 1.73. The van der Waals surface area contributed by atoms with Crippen LogP contribution >= 0.6 is 11.6 Å². The van der Waals surface area contributed by atoms with E-state index in [0.29, 0.717) is 17.0 Å². The molecule has 0 heterocycles. The SMILES string of the molecule is CC[C@H](C(=O)NC1CCCC1)N(Cc1ccc(Cl)cc1)C(=O)CN(c1cccc([N+](=O)[O-])c1)S(=O)(=O)c1ccccc1. The summed E-state index contributed by atoms with van der Waals surface area (Å²) in [5.41, 5.74) is 0.331. The monoisotopic (exact) mass is 612 g/mol. The number of hydrogen-bond acceptors (Lipinski definition) is 6. The van der Waals surface area contributed by atoms with Crippen LogP contribution in [-0.4, -0.2) is 48.7 Å². The molecule has 1 atom stereocenters. The molecule has 12 heteroatoms. The smallest absolute Gasteiger partial charge is 0.271 e. The number of nitrogens with one attached hydrogen (secondary N) is 1. The zero-order valence-electron chi connectivity index (χ0n) is 23.2. The lowest BCUT2D eigenvalue weighted by atomic mass is 10.1. The third-order valence-corrected chi connectivity index (χ3v) is 9.33. The van der Waals surface area contributed by atoms with Crippen LogP contribution in [0.3, 0.4) is 0 Å². The Labute approximate surface area is 250 Å². The number of carbonyl (C=O) groups is 2. The van der Waals surface area contributed by atoms with Crippen LogP contribution in [0.25, 0.3) is 0 Å². The van der Waals surface area contributed by atoms with E-state index >= 15 is 0 Å². The molecule has 0 aromatic heterocycles. The number of halogens is 1. The van der Waals surface area contributed by atoms with Crippen molar-refractivity contribution in [1.29, 1.82) is 0 Å². The molecule has 4 rings (SSSR count). The zero-order chi connectivity index (χ0) is 30.3. The van der Waals surface area contributed by atoms with E-state index in [2.05, 4.69) is 5.32 Å². The Morgan fingerprint density at radius 2 is 1.69 bits per heavy atom. The van der Waals surface area contributed by atoms with Crippen molar-refractivity contribution in [3.63, 3.8) is 0 Å². The van der Waals surface area contributed by atoms with Gasteiger partial charge in [0.05, 0.1) is 15.5 Å².